The zero-order chi connectivity index (χ0) is 25.2. The maximum Gasteiger partial charge on any atom is 0.421 e. The fraction of sp³-hybridized carbons (Fsp3) is 0.280. The van der Waals surface area contributed by atoms with Crippen LogP contribution >= 0.6 is 0 Å². The lowest BCUT2D eigenvalue weighted by atomic mass is 9.98. The van der Waals surface area contributed by atoms with Crippen molar-refractivity contribution in [2.24, 2.45) is 0 Å². The summed E-state index contributed by atoms with van der Waals surface area (Å²) in [5, 5.41) is 22.8. The van der Waals surface area contributed by atoms with Crippen molar-refractivity contribution < 1.29 is 32.9 Å². The number of benzene rings is 2. The van der Waals surface area contributed by atoms with Crippen LogP contribution in [0.4, 0.5) is 18.0 Å². The highest BCUT2D eigenvalue weighted by molar-refractivity contribution is 5.79. The normalized spacial score (nSPS) is 14.7. The molecule has 1 aromatic heterocycles. The summed E-state index contributed by atoms with van der Waals surface area (Å²) >= 11 is 0. The van der Waals surface area contributed by atoms with E-state index in [2.05, 4.69) is 5.32 Å². The van der Waals surface area contributed by atoms with Crippen LogP contribution in [0.2, 0.25) is 0 Å². The number of hydrogen-bond donors (Lipinski definition) is 4. The van der Waals surface area contributed by atoms with E-state index in [1.54, 1.807) is 0 Å². The van der Waals surface area contributed by atoms with Gasteiger partial charge in [-0.1, -0.05) is 48.5 Å². The molecule has 2 aromatic carbocycles. The smallest absolute Gasteiger partial charge is 0.421 e. The average Bonchev–Trinajstić information content (AvgIpc) is 3.15. The third-order valence-electron chi connectivity index (χ3n) is 5.99. The van der Waals surface area contributed by atoms with Crippen LogP contribution in [-0.4, -0.2) is 40.5 Å². The number of alkyl halides is 3. The van der Waals surface area contributed by atoms with Crippen LogP contribution < -0.4 is 10.9 Å². The number of ether oxygens (including phenoxy) is 1. The van der Waals surface area contributed by atoms with Crippen LogP contribution in [0.15, 0.2) is 65.6 Å². The van der Waals surface area contributed by atoms with Crippen molar-refractivity contribution in [1.29, 1.82) is 0 Å². The molecule has 0 aliphatic heterocycles. The molecule has 1 amide bonds. The number of alkyl carbamates (subject to hydrolysis) is 1. The quantitative estimate of drug-likeness (QED) is 0.405. The first kappa shape index (κ1) is 24.5. The fourth-order valence-electron chi connectivity index (χ4n) is 4.23. The zero-order valence-electron chi connectivity index (χ0n) is 18.4. The Bertz CT molecular complexity index is 1230. The van der Waals surface area contributed by atoms with E-state index >= 15 is 0 Å². The molecule has 0 saturated carbocycles. The first-order valence-corrected chi connectivity index (χ1v) is 10.9. The van der Waals surface area contributed by atoms with E-state index in [0.29, 0.717) is 6.07 Å². The van der Waals surface area contributed by atoms with Crippen LogP contribution in [0.1, 0.15) is 40.7 Å². The third kappa shape index (κ3) is 5.23. The van der Waals surface area contributed by atoms with E-state index in [0.717, 1.165) is 28.5 Å². The number of halogens is 3. The molecule has 0 fully saturated rings. The van der Waals surface area contributed by atoms with Gasteiger partial charge in [-0.25, -0.2) is 4.79 Å². The number of aliphatic hydroxyl groups excluding tert-OH is 2. The minimum atomic E-state index is -4.90. The van der Waals surface area contributed by atoms with E-state index in [1.165, 1.54) is 0 Å². The molecule has 0 spiro atoms. The lowest BCUT2D eigenvalue weighted by molar-refractivity contribution is -0.138. The number of fused-ring (bicyclic) bond motifs is 3. The molecule has 2 unspecified atom stereocenters. The minimum Gasteiger partial charge on any atom is -0.449 e. The van der Waals surface area contributed by atoms with Crippen molar-refractivity contribution in [3.63, 3.8) is 0 Å². The molecule has 1 heterocycles. The predicted octanol–water partition coefficient (Wildman–Crippen LogP) is 3.72. The summed E-state index contributed by atoms with van der Waals surface area (Å²) in [4.78, 5) is 25.5. The number of aromatic amines is 1. The van der Waals surface area contributed by atoms with Gasteiger partial charge in [0.15, 0.2) is 0 Å². The number of aromatic nitrogens is 1. The van der Waals surface area contributed by atoms with Gasteiger partial charge < -0.3 is 25.3 Å². The van der Waals surface area contributed by atoms with Crippen LogP contribution in [-0.2, 0) is 10.9 Å². The van der Waals surface area contributed by atoms with Gasteiger partial charge >= 0.3 is 12.3 Å². The summed E-state index contributed by atoms with van der Waals surface area (Å²) in [5.41, 5.74) is 1.16. The molecule has 1 aliphatic rings. The number of nitrogens with one attached hydrogen (secondary N) is 2. The lowest BCUT2D eigenvalue weighted by Gasteiger charge is -2.19. The largest absolute Gasteiger partial charge is 0.449 e. The second-order valence-corrected chi connectivity index (χ2v) is 8.23. The molecule has 0 radical (unpaired) electrons. The molecular weight excluding hydrogens is 465 g/mol. The van der Waals surface area contributed by atoms with Crippen LogP contribution in [0, 0.1) is 0 Å². The van der Waals surface area contributed by atoms with Gasteiger partial charge in [0.25, 0.3) is 5.56 Å². The SMILES string of the molecule is O=C(NCCC(O)C(O)c1c[nH]c(=O)c(C(F)(F)F)c1)OCC1c2ccccc2-c2ccccc21. The first-order chi connectivity index (χ1) is 16.7. The molecule has 3 aromatic rings. The Hall–Kier alpha value is -3.63. The highest BCUT2D eigenvalue weighted by Gasteiger charge is 2.35. The van der Waals surface area contributed by atoms with Gasteiger partial charge in [-0.3, -0.25) is 4.79 Å². The van der Waals surface area contributed by atoms with Gasteiger partial charge in [0.05, 0.1) is 6.10 Å². The molecule has 1 aliphatic carbocycles. The second kappa shape index (κ2) is 9.93. The maximum absolute atomic E-state index is 12.9. The molecule has 2 atom stereocenters. The van der Waals surface area contributed by atoms with E-state index in [1.807, 2.05) is 53.5 Å². The van der Waals surface area contributed by atoms with Crippen LogP contribution in [0.3, 0.4) is 0 Å². The summed E-state index contributed by atoms with van der Waals surface area (Å²) in [5.74, 6) is -0.122. The topological polar surface area (TPSA) is 112 Å². The van der Waals surface area contributed by atoms with Crippen molar-refractivity contribution in [3.05, 3.63) is 93.4 Å². The van der Waals surface area contributed by atoms with Crippen molar-refractivity contribution >= 4 is 6.09 Å². The number of pyridine rings is 1. The van der Waals surface area contributed by atoms with Crippen molar-refractivity contribution in [1.82, 2.24) is 10.3 Å². The highest BCUT2D eigenvalue weighted by Crippen LogP contribution is 2.44. The van der Waals surface area contributed by atoms with Gasteiger partial charge in [-0.05, 0) is 40.3 Å². The number of carbonyl (C=O) groups is 1. The molecular formula is C25H23F3N2O5. The summed E-state index contributed by atoms with van der Waals surface area (Å²) in [7, 11) is 0. The number of aliphatic hydroxyl groups is 2. The molecule has 0 bridgehead atoms. The van der Waals surface area contributed by atoms with Crippen molar-refractivity contribution in [2.45, 2.75) is 30.7 Å². The Balaban J connectivity index is 1.30. The summed E-state index contributed by atoms with van der Waals surface area (Å²) < 4.78 is 44.1. The standard InChI is InChI=1S/C25H23F3N2O5/c26-25(27,28)20-11-14(12-30-23(20)33)22(32)21(31)9-10-29-24(34)35-13-19-17-7-3-1-5-15(17)16-6-2-4-8-18(16)19/h1-8,11-12,19,21-22,31-32H,9-10,13H2,(H,29,34)(H,30,33). The van der Waals surface area contributed by atoms with Gasteiger partial charge in [-0.2, -0.15) is 13.2 Å². The second-order valence-electron chi connectivity index (χ2n) is 8.23. The molecule has 10 heteroatoms. The molecule has 4 N–H and O–H groups in total. The molecule has 4 rings (SSSR count). The van der Waals surface area contributed by atoms with Crippen LogP contribution in [0.25, 0.3) is 11.1 Å². The Kier molecular flexibility index (Phi) is 6.95. The maximum atomic E-state index is 12.9. The van der Waals surface area contributed by atoms with E-state index in [9.17, 15) is 33.0 Å². The van der Waals surface area contributed by atoms with Gasteiger partial charge in [-0.15, -0.1) is 0 Å². The number of hydrogen-bond acceptors (Lipinski definition) is 5. The summed E-state index contributed by atoms with van der Waals surface area (Å²) in [6.07, 6.45) is -8.07. The first-order valence-electron chi connectivity index (χ1n) is 10.9. The van der Waals surface area contributed by atoms with E-state index < -0.39 is 35.6 Å². The molecule has 0 saturated heterocycles. The Morgan fingerprint density at radius 1 is 1.06 bits per heavy atom. The van der Waals surface area contributed by atoms with Gasteiger partial charge in [0, 0.05) is 18.7 Å². The van der Waals surface area contributed by atoms with Gasteiger partial charge in [0.1, 0.15) is 18.3 Å². The third-order valence-corrected chi connectivity index (χ3v) is 5.99. The number of carbonyl (C=O) groups excluding carboxylic acids is 1. The molecule has 35 heavy (non-hydrogen) atoms. The van der Waals surface area contributed by atoms with Crippen molar-refractivity contribution in [3.8, 4) is 11.1 Å². The van der Waals surface area contributed by atoms with Gasteiger partial charge in [0.2, 0.25) is 0 Å². The monoisotopic (exact) mass is 488 g/mol. The lowest BCUT2D eigenvalue weighted by Crippen LogP contribution is -2.31. The minimum absolute atomic E-state index is 0.0929. The summed E-state index contributed by atoms with van der Waals surface area (Å²) in [6.45, 7) is 0.00696. The Morgan fingerprint density at radius 3 is 2.26 bits per heavy atom. The number of amides is 1. The molecule has 7 nitrogen and oxygen atoms in total. The number of rotatable bonds is 7. The number of H-pyrrole nitrogens is 1. The molecule has 184 valence electrons. The van der Waals surface area contributed by atoms with E-state index in [-0.39, 0.29) is 31.1 Å². The predicted molar refractivity (Wildman–Crippen MR) is 121 cm³/mol. The van der Waals surface area contributed by atoms with Crippen LogP contribution in [0.5, 0.6) is 0 Å². The zero-order valence-corrected chi connectivity index (χ0v) is 18.4. The van der Waals surface area contributed by atoms with E-state index in [4.69, 9.17) is 4.74 Å². The Labute approximate surface area is 198 Å². The fourth-order valence-corrected chi connectivity index (χ4v) is 4.23. The average molecular weight is 488 g/mol. The summed E-state index contributed by atoms with van der Waals surface area (Å²) in [6, 6.07) is 16.2. The Morgan fingerprint density at radius 2 is 1.66 bits per heavy atom. The highest BCUT2D eigenvalue weighted by atomic mass is 19.4. The van der Waals surface area contributed by atoms with Crippen molar-refractivity contribution in [2.75, 3.05) is 13.2 Å².